The largest absolute Gasteiger partial charge is 0.454 e. The standard InChI is InChI=1S/C22H28N4O3/c1-23-22(25-14-18-5-6-20-21(12-18)29-16-28-20)24-13-17-3-2-4-19(11-17)15-26-7-9-27-10-8-26/h2-6,11-12H,7-10,13-16H2,1H3,(H2,23,24,25). The molecule has 154 valence electrons. The van der Waals surface area contributed by atoms with Gasteiger partial charge < -0.3 is 24.8 Å². The first-order valence-corrected chi connectivity index (χ1v) is 10.0. The number of benzene rings is 2. The monoisotopic (exact) mass is 396 g/mol. The molecule has 7 nitrogen and oxygen atoms in total. The maximum absolute atomic E-state index is 5.44. The second-order valence-corrected chi connectivity index (χ2v) is 7.18. The number of fused-ring (bicyclic) bond motifs is 1. The van der Waals surface area contributed by atoms with Gasteiger partial charge in [0, 0.05) is 39.8 Å². The van der Waals surface area contributed by atoms with E-state index in [-0.39, 0.29) is 0 Å². The van der Waals surface area contributed by atoms with Crippen LogP contribution in [0.3, 0.4) is 0 Å². The van der Waals surface area contributed by atoms with Gasteiger partial charge in [0.25, 0.3) is 0 Å². The van der Waals surface area contributed by atoms with Gasteiger partial charge in [0.15, 0.2) is 17.5 Å². The minimum Gasteiger partial charge on any atom is -0.454 e. The molecular formula is C22H28N4O3. The van der Waals surface area contributed by atoms with Crippen LogP contribution in [0.2, 0.25) is 0 Å². The third-order valence-corrected chi connectivity index (χ3v) is 5.08. The Hall–Kier alpha value is -2.77. The van der Waals surface area contributed by atoms with Gasteiger partial charge in [0.1, 0.15) is 0 Å². The van der Waals surface area contributed by atoms with Crippen molar-refractivity contribution in [2.24, 2.45) is 4.99 Å². The van der Waals surface area contributed by atoms with E-state index in [0.29, 0.717) is 13.3 Å². The van der Waals surface area contributed by atoms with Crippen molar-refractivity contribution >= 4 is 5.96 Å². The fraction of sp³-hybridized carbons (Fsp3) is 0.409. The Morgan fingerprint density at radius 1 is 0.931 bits per heavy atom. The summed E-state index contributed by atoms with van der Waals surface area (Å²) < 4.78 is 16.2. The quantitative estimate of drug-likeness (QED) is 0.576. The predicted molar refractivity (Wildman–Crippen MR) is 112 cm³/mol. The van der Waals surface area contributed by atoms with Gasteiger partial charge >= 0.3 is 0 Å². The van der Waals surface area contributed by atoms with E-state index in [2.05, 4.69) is 44.8 Å². The van der Waals surface area contributed by atoms with E-state index >= 15 is 0 Å². The van der Waals surface area contributed by atoms with Crippen LogP contribution in [0.4, 0.5) is 0 Å². The summed E-state index contributed by atoms with van der Waals surface area (Å²) in [5.74, 6) is 2.36. The molecule has 0 bridgehead atoms. The lowest BCUT2D eigenvalue weighted by molar-refractivity contribution is 0.0342. The first kappa shape index (κ1) is 19.5. The molecule has 0 spiro atoms. The molecule has 2 aromatic rings. The summed E-state index contributed by atoms with van der Waals surface area (Å²) in [6.45, 7) is 6.29. The van der Waals surface area contributed by atoms with Gasteiger partial charge in [-0.05, 0) is 28.8 Å². The zero-order chi connectivity index (χ0) is 19.9. The zero-order valence-electron chi connectivity index (χ0n) is 16.8. The molecule has 1 fully saturated rings. The van der Waals surface area contributed by atoms with Crippen LogP contribution in [0, 0.1) is 0 Å². The number of hydrogen-bond donors (Lipinski definition) is 2. The number of nitrogens with one attached hydrogen (secondary N) is 2. The molecule has 2 aromatic carbocycles. The number of nitrogens with zero attached hydrogens (tertiary/aromatic N) is 2. The van der Waals surface area contributed by atoms with Gasteiger partial charge in [0.05, 0.1) is 13.2 Å². The van der Waals surface area contributed by atoms with E-state index in [4.69, 9.17) is 14.2 Å². The van der Waals surface area contributed by atoms with Crippen LogP contribution in [0.5, 0.6) is 11.5 Å². The second kappa shape index (κ2) is 9.62. The van der Waals surface area contributed by atoms with E-state index in [9.17, 15) is 0 Å². The van der Waals surface area contributed by atoms with Crippen molar-refractivity contribution in [2.75, 3.05) is 40.1 Å². The van der Waals surface area contributed by atoms with Crippen LogP contribution in [-0.2, 0) is 24.4 Å². The molecule has 2 aliphatic heterocycles. The first-order chi connectivity index (χ1) is 14.3. The Bertz CT molecular complexity index is 850. The Labute approximate surface area is 171 Å². The van der Waals surface area contributed by atoms with Gasteiger partial charge in [-0.15, -0.1) is 0 Å². The summed E-state index contributed by atoms with van der Waals surface area (Å²) in [5.41, 5.74) is 3.68. The Kier molecular flexibility index (Phi) is 6.49. The van der Waals surface area contributed by atoms with Crippen LogP contribution in [0.25, 0.3) is 0 Å². The summed E-state index contributed by atoms with van der Waals surface area (Å²) >= 11 is 0. The minimum absolute atomic E-state index is 0.292. The number of ether oxygens (including phenoxy) is 3. The average molecular weight is 396 g/mol. The molecule has 0 saturated carbocycles. The summed E-state index contributed by atoms with van der Waals surface area (Å²) in [6.07, 6.45) is 0. The van der Waals surface area contributed by atoms with Gasteiger partial charge in [-0.3, -0.25) is 9.89 Å². The highest BCUT2D eigenvalue weighted by Gasteiger charge is 2.13. The van der Waals surface area contributed by atoms with E-state index < -0.39 is 0 Å². The van der Waals surface area contributed by atoms with Crippen LogP contribution >= 0.6 is 0 Å². The summed E-state index contributed by atoms with van der Waals surface area (Å²) in [5, 5.41) is 6.74. The third kappa shape index (κ3) is 5.40. The van der Waals surface area contributed by atoms with Gasteiger partial charge in [-0.1, -0.05) is 30.3 Å². The number of hydrogen-bond acceptors (Lipinski definition) is 5. The maximum Gasteiger partial charge on any atom is 0.231 e. The van der Waals surface area contributed by atoms with E-state index in [1.165, 1.54) is 11.1 Å². The maximum atomic E-state index is 5.44. The predicted octanol–water partition coefficient (Wildman–Crippen LogP) is 2.11. The van der Waals surface area contributed by atoms with Crippen molar-refractivity contribution < 1.29 is 14.2 Å². The molecule has 2 N–H and O–H groups in total. The first-order valence-electron chi connectivity index (χ1n) is 10.0. The van der Waals surface area contributed by atoms with E-state index in [0.717, 1.165) is 62.4 Å². The fourth-order valence-electron chi connectivity index (χ4n) is 3.50. The Morgan fingerprint density at radius 2 is 1.66 bits per heavy atom. The smallest absolute Gasteiger partial charge is 0.231 e. The SMILES string of the molecule is CN=C(NCc1cccc(CN2CCOCC2)c1)NCc1ccc2c(c1)OCO2. The average Bonchev–Trinajstić information content (AvgIpc) is 3.23. The van der Waals surface area contributed by atoms with Gasteiger partial charge in [-0.2, -0.15) is 0 Å². The normalized spacial score (nSPS) is 16.7. The van der Waals surface area contributed by atoms with E-state index in [1.54, 1.807) is 7.05 Å². The van der Waals surface area contributed by atoms with Crippen molar-refractivity contribution in [2.45, 2.75) is 19.6 Å². The van der Waals surface area contributed by atoms with Crippen molar-refractivity contribution in [1.82, 2.24) is 15.5 Å². The summed E-state index contributed by atoms with van der Waals surface area (Å²) in [6, 6.07) is 14.7. The van der Waals surface area contributed by atoms with Crippen LogP contribution in [0.15, 0.2) is 47.5 Å². The van der Waals surface area contributed by atoms with Crippen molar-refractivity contribution in [1.29, 1.82) is 0 Å². The lowest BCUT2D eigenvalue weighted by Gasteiger charge is -2.26. The molecule has 1 saturated heterocycles. The van der Waals surface area contributed by atoms with Crippen molar-refractivity contribution in [3.63, 3.8) is 0 Å². The molecule has 0 radical (unpaired) electrons. The number of guanidine groups is 1. The van der Waals surface area contributed by atoms with Gasteiger partial charge in [0.2, 0.25) is 6.79 Å². The zero-order valence-corrected chi connectivity index (χ0v) is 16.8. The second-order valence-electron chi connectivity index (χ2n) is 7.18. The van der Waals surface area contributed by atoms with E-state index in [1.807, 2.05) is 18.2 Å². The molecule has 29 heavy (non-hydrogen) atoms. The molecule has 0 atom stereocenters. The lowest BCUT2D eigenvalue weighted by Crippen LogP contribution is -2.36. The van der Waals surface area contributed by atoms with Crippen molar-refractivity contribution in [3.05, 3.63) is 59.2 Å². The highest BCUT2D eigenvalue weighted by molar-refractivity contribution is 5.79. The molecule has 2 aliphatic rings. The third-order valence-electron chi connectivity index (χ3n) is 5.08. The molecule has 7 heteroatoms. The number of aliphatic imine (C=N–C) groups is 1. The topological polar surface area (TPSA) is 67.4 Å². The van der Waals surface area contributed by atoms with Crippen LogP contribution < -0.4 is 20.1 Å². The summed E-state index contributed by atoms with van der Waals surface area (Å²) in [4.78, 5) is 6.76. The highest BCUT2D eigenvalue weighted by Crippen LogP contribution is 2.32. The Balaban J connectivity index is 1.27. The molecule has 0 amide bonds. The molecule has 0 unspecified atom stereocenters. The van der Waals surface area contributed by atoms with Gasteiger partial charge in [-0.25, -0.2) is 0 Å². The molecular weight excluding hydrogens is 368 g/mol. The molecule has 0 aliphatic carbocycles. The number of rotatable bonds is 6. The molecule has 0 aromatic heterocycles. The van der Waals surface area contributed by atoms with Crippen LogP contribution in [0.1, 0.15) is 16.7 Å². The van der Waals surface area contributed by atoms with Crippen molar-refractivity contribution in [3.8, 4) is 11.5 Å². The number of morpholine rings is 1. The summed E-state index contributed by atoms with van der Waals surface area (Å²) in [7, 11) is 1.78. The van der Waals surface area contributed by atoms with Crippen LogP contribution in [-0.4, -0.2) is 51.0 Å². The molecule has 4 rings (SSSR count). The lowest BCUT2D eigenvalue weighted by atomic mass is 10.1. The Morgan fingerprint density at radius 3 is 2.45 bits per heavy atom. The fourth-order valence-corrected chi connectivity index (χ4v) is 3.50. The minimum atomic E-state index is 0.292. The molecule has 2 heterocycles. The highest BCUT2D eigenvalue weighted by atomic mass is 16.7.